The molecular formula is C20H23FN4OS. The molecule has 1 aromatic carbocycles. The van der Waals surface area contributed by atoms with Crippen molar-refractivity contribution in [2.45, 2.75) is 32.0 Å². The van der Waals surface area contributed by atoms with Gasteiger partial charge in [0.2, 0.25) is 0 Å². The Bertz CT molecular complexity index is 953. The first kappa shape index (κ1) is 19.2. The molecule has 142 valence electrons. The van der Waals surface area contributed by atoms with Crippen molar-refractivity contribution < 1.29 is 8.60 Å². The second-order valence-corrected chi connectivity index (χ2v) is 8.13. The van der Waals surface area contributed by atoms with Crippen LogP contribution in [-0.4, -0.2) is 31.5 Å². The molecule has 0 saturated heterocycles. The normalized spacial score (nSPS) is 13.6. The van der Waals surface area contributed by atoms with E-state index in [0.29, 0.717) is 22.5 Å². The smallest absolute Gasteiger partial charge is 0.197 e. The van der Waals surface area contributed by atoms with Gasteiger partial charge in [-0.25, -0.2) is 14.4 Å². The van der Waals surface area contributed by atoms with E-state index in [1.165, 1.54) is 12.1 Å². The summed E-state index contributed by atoms with van der Waals surface area (Å²) in [5, 5.41) is 3.77. The largest absolute Gasteiger partial charge is 0.367 e. The number of pyridine rings is 1. The van der Waals surface area contributed by atoms with Gasteiger partial charge >= 0.3 is 0 Å². The van der Waals surface area contributed by atoms with Crippen LogP contribution < -0.4 is 5.32 Å². The number of anilines is 1. The zero-order valence-corrected chi connectivity index (χ0v) is 16.6. The summed E-state index contributed by atoms with van der Waals surface area (Å²) in [4.78, 5) is 12.0. The van der Waals surface area contributed by atoms with Gasteiger partial charge in [0.15, 0.2) is 5.16 Å². The summed E-state index contributed by atoms with van der Waals surface area (Å²) in [6.07, 6.45) is 3.29. The predicted octanol–water partition coefficient (Wildman–Crippen LogP) is 4.47. The molecule has 5 nitrogen and oxygen atoms in total. The number of rotatable bonds is 6. The summed E-state index contributed by atoms with van der Waals surface area (Å²) in [6.45, 7) is 6.39. The highest BCUT2D eigenvalue weighted by molar-refractivity contribution is 7.84. The number of benzene rings is 1. The number of imidazole rings is 1. The number of hydrogen-bond donors (Lipinski definition) is 2. The van der Waals surface area contributed by atoms with Gasteiger partial charge in [-0.3, -0.25) is 4.21 Å². The lowest BCUT2D eigenvalue weighted by Crippen LogP contribution is -2.22. The van der Waals surface area contributed by atoms with E-state index in [4.69, 9.17) is 0 Å². The molecule has 0 aliphatic rings. The highest BCUT2D eigenvalue weighted by atomic mass is 32.2. The van der Waals surface area contributed by atoms with Crippen LogP contribution >= 0.6 is 0 Å². The van der Waals surface area contributed by atoms with Crippen molar-refractivity contribution in [2.24, 2.45) is 5.92 Å². The summed E-state index contributed by atoms with van der Waals surface area (Å²) in [5.41, 5.74) is 2.98. The van der Waals surface area contributed by atoms with E-state index in [-0.39, 0.29) is 11.9 Å². The maximum Gasteiger partial charge on any atom is 0.197 e. The van der Waals surface area contributed by atoms with Gasteiger partial charge in [0.1, 0.15) is 11.6 Å². The molecule has 3 rings (SSSR count). The van der Waals surface area contributed by atoms with Gasteiger partial charge in [-0.05, 0) is 49.2 Å². The molecule has 0 fully saturated rings. The van der Waals surface area contributed by atoms with E-state index < -0.39 is 10.8 Å². The van der Waals surface area contributed by atoms with Crippen LogP contribution in [0.5, 0.6) is 0 Å². The lowest BCUT2D eigenvalue weighted by Gasteiger charge is -2.18. The maximum absolute atomic E-state index is 13.3. The second-order valence-electron chi connectivity index (χ2n) is 6.83. The van der Waals surface area contributed by atoms with E-state index in [2.05, 4.69) is 41.0 Å². The minimum absolute atomic E-state index is 0.266. The predicted molar refractivity (Wildman–Crippen MR) is 107 cm³/mol. The molecule has 0 saturated carbocycles. The van der Waals surface area contributed by atoms with E-state index >= 15 is 0 Å². The molecule has 1 unspecified atom stereocenters. The Morgan fingerprint density at radius 1 is 1.11 bits per heavy atom. The number of halogens is 1. The van der Waals surface area contributed by atoms with Crippen molar-refractivity contribution in [1.29, 1.82) is 0 Å². The fourth-order valence-corrected chi connectivity index (χ4v) is 3.04. The topological polar surface area (TPSA) is 70.7 Å². The zero-order chi connectivity index (χ0) is 19.6. The molecular weight excluding hydrogens is 363 g/mol. The minimum Gasteiger partial charge on any atom is -0.367 e. The van der Waals surface area contributed by atoms with Crippen LogP contribution in [0.1, 0.15) is 20.8 Å². The third kappa shape index (κ3) is 4.42. The molecule has 3 aromatic rings. The Labute approximate surface area is 160 Å². The van der Waals surface area contributed by atoms with Gasteiger partial charge in [-0.15, -0.1) is 0 Å². The van der Waals surface area contributed by atoms with Crippen molar-refractivity contribution >= 4 is 16.6 Å². The average molecular weight is 386 g/mol. The molecule has 0 bridgehead atoms. The van der Waals surface area contributed by atoms with Crippen molar-refractivity contribution in [2.75, 3.05) is 11.6 Å². The fourth-order valence-electron chi connectivity index (χ4n) is 2.58. The number of hydrogen-bond acceptors (Lipinski definition) is 4. The summed E-state index contributed by atoms with van der Waals surface area (Å²) in [6, 6.07) is 10.2. The quantitative estimate of drug-likeness (QED) is 0.656. The third-order valence-corrected chi connectivity index (χ3v) is 5.23. The molecule has 27 heavy (non-hydrogen) atoms. The average Bonchev–Trinajstić information content (AvgIpc) is 3.08. The molecule has 2 N–H and O–H groups in total. The number of aromatic nitrogens is 3. The standard InChI is InChI=1S/C20H23FN4OS/c1-12(2)13(3)23-17-11-15(9-10-22-17)19-18(24-20(25-19)27(4)26)14-5-7-16(21)8-6-14/h5-13H,1-4H3,(H,22,23)(H,24,25)/t13-,27?/m0/s1. The zero-order valence-electron chi connectivity index (χ0n) is 15.8. The molecule has 0 amide bonds. The Morgan fingerprint density at radius 3 is 2.44 bits per heavy atom. The summed E-state index contributed by atoms with van der Waals surface area (Å²) < 4.78 is 25.3. The fraction of sp³-hybridized carbons (Fsp3) is 0.300. The first-order chi connectivity index (χ1) is 12.8. The van der Waals surface area contributed by atoms with Crippen LogP contribution in [0.15, 0.2) is 47.8 Å². The van der Waals surface area contributed by atoms with Crippen LogP contribution in [0.4, 0.5) is 10.2 Å². The van der Waals surface area contributed by atoms with Crippen molar-refractivity contribution in [3.63, 3.8) is 0 Å². The van der Waals surface area contributed by atoms with Gasteiger partial charge in [0, 0.05) is 29.6 Å². The Kier molecular flexibility index (Phi) is 5.70. The van der Waals surface area contributed by atoms with Gasteiger partial charge in [0.05, 0.1) is 22.2 Å². The van der Waals surface area contributed by atoms with E-state index in [1.807, 2.05) is 12.1 Å². The lowest BCUT2D eigenvalue weighted by atomic mass is 10.0. The number of nitrogens with one attached hydrogen (secondary N) is 2. The molecule has 0 aliphatic carbocycles. The van der Waals surface area contributed by atoms with Crippen molar-refractivity contribution in [3.8, 4) is 22.5 Å². The Hall–Kier alpha value is -2.54. The SMILES string of the molecule is CC(C)[C@H](C)Nc1cc(-c2nc(S(C)=O)[nH]c2-c2ccc(F)cc2)ccn1. The highest BCUT2D eigenvalue weighted by Crippen LogP contribution is 2.32. The van der Waals surface area contributed by atoms with Gasteiger partial charge in [0.25, 0.3) is 0 Å². The molecule has 2 atom stereocenters. The molecule has 7 heteroatoms. The van der Waals surface area contributed by atoms with Crippen LogP contribution in [0.2, 0.25) is 0 Å². The van der Waals surface area contributed by atoms with Crippen LogP contribution in [0, 0.1) is 11.7 Å². The van der Waals surface area contributed by atoms with E-state index in [0.717, 1.165) is 16.9 Å². The van der Waals surface area contributed by atoms with Crippen molar-refractivity contribution in [1.82, 2.24) is 15.0 Å². The molecule has 0 aliphatic heterocycles. The Morgan fingerprint density at radius 2 is 1.81 bits per heavy atom. The van der Waals surface area contributed by atoms with E-state index in [1.54, 1.807) is 24.6 Å². The van der Waals surface area contributed by atoms with Crippen LogP contribution in [0.3, 0.4) is 0 Å². The molecule has 2 aromatic heterocycles. The van der Waals surface area contributed by atoms with Crippen LogP contribution in [0.25, 0.3) is 22.5 Å². The second kappa shape index (κ2) is 8.00. The van der Waals surface area contributed by atoms with Gasteiger partial charge < -0.3 is 10.3 Å². The third-order valence-electron chi connectivity index (χ3n) is 4.50. The first-order valence-corrected chi connectivity index (χ1v) is 10.3. The van der Waals surface area contributed by atoms with Gasteiger partial charge in [-0.1, -0.05) is 13.8 Å². The monoisotopic (exact) mass is 386 g/mol. The summed E-state index contributed by atoms with van der Waals surface area (Å²) in [5.74, 6) is 0.905. The van der Waals surface area contributed by atoms with Crippen molar-refractivity contribution in [3.05, 3.63) is 48.4 Å². The van der Waals surface area contributed by atoms with Gasteiger partial charge in [-0.2, -0.15) is 0 Å². The molecule has 0 radical (unpaired) electrons. The molecule has 0 spiro atoms. The summed E-state index contributed by atoms with van der Waals surface area (Å²) in [7, 11) is -1.26. The van der Waals surface area contributed by atoms with Crippen LogP contribution in [-0.2, 0) is 10.8 Å². The summed E-state index contributed by atoms with van der Waals surface area (Å²) >= 11 is 0. The Balaban J connectivity index is 2.05. The number of nitrogens with zero attached hydrogens (tertiary/aromatic N) is 2. The van der Waals surface area contributed by atoms with E-state index in [9.17, 15) is 8.60 Å². The maximum atomic E-state index is 13.3. The number of H-pyrrole nitrogens is 1. The first-order valence-electron chi connectivity index (χ1n) is 8.77. The highest BCUT2D eigenvalue weighted by Gasteiger charge is 2.17. The number of aromatic amines is 1. The minimum atomic E-state index is -1.26. The lowest BCUT2D eigenvalue weighted by molar-refractivity contribution is 0.558. The molecule has 2 heterocycles.